The van der Waals surface area contributed by atoms with E-state index in [0.717, 1.165) is 0 Å². The first-order valence-electron chi connectivity index (χ1n) is 21.2. The van der Waals surface area contributed by atoms with Gasteiger partial charge in [-0.3, -0.25) is 0 Å². The molecular weight excluding hydrogens is 608 g/mol. The third kappa shape index (κ3) is 24.1. The van der Waals surface area contributed by atoms with Crippen molar-refractivity contribution in [3.8, 4) is 0 Å². The molecule has 0 heterocycles. The normalized spacial score (nSPS) is 11.0. The number of aryl methyl sites for hydroxylation is 6. The van der Waals surface area contributed by atoms with Crippen LogP contribution in [-0.2, 0) is 55.6 Å². The van der Waals surface area contributed by atoms with Crippen molar-refractivity contribution >= 4 is 0 Å². The largest absolute Gasteiger partial charge is 2.00 e. The summed E-state index contributed by atoms with van der Waals surface area (Å²) in [6.45, 7) is 13.8. The summed E-state index contributed by atoms with van der Waals surface area (Å²) in [6, 6.07) is 10.2. The second-order valence-electron chi connectivity index (χ2n) is 14.7. The molecule has 0 aromatic heterocycles. The molecule has 0 saturated heterocycles. The molecule has 0 radical (unpaired) electrons. The molecule has 274 valence electrons. The van der Waals surface area contributed by atoms with Gasteiger partial charge in [0.1, 0.15) is 0 Å². The molecular formula is C46H82Fe. The minimum absolute atomic E-state index is 0. The standard InChI is InChI=1S/2C23H41.Fe/c2*1-4-7-10-13-16-21-19-22(17-14-11-8-5-2)23(20-21)18-15-12-9-6-3;/h2*19-20H,4-18H2,1-3H3;/q2*-1;+2. The topological polar surface area (TPSA) is 0 Å². The maximum Gasteiger partial charge on any atom is 2.00 e. The van der Waals surface area contributed by atoms with Crippen LogP contribution in [0.25, 0.3) is 0 Å². The van der Waals surface area contributed by atoms with E-state index in [2.05, 4.69) is 65.8 Å². The van der Waals surface area contributed by atoms with E-state index < -0.39 is 0 Å². The molecule has 0 aliphatic rings. The number of rotatable bonds is 30. The van der Waals surface area contributed by atoms with Gasteiger partial charge in [-0.1, -0.05) is 234 Å². The Hall–Kier alpha value is -0.781. The predicted molar refractivity (Wildman–Crippen MR) is 211 cm³/mol. The molecule has 0 unspecified atom stereocenters. The van der Waals surface area contributed by atoms with Gasteiger partial charge in [-0.2, -0.15) is 45.5 Å². The summed E-state index contributed by atoms with van der Waals surface area (Å²) in [5.41, 5.74) is 9.98. The smallest absolute Gasteiger partial charge is 0.207 e. The summed E-state index contributed by atoms with van der Waals surface area (Å²) in [7, 11) is 0. The molecule has 0 N–H and O–H groups in total. The van der Waals surface area contributed by atoms with Gasteiger partial charge < -0.3 is 0 Å². The Balaban J connectivity index is 0.000000882. The Kier molecular flexibility index (Phi) is 33.1. The first-order valence-corrected chi connectivity index (χ1v) is 21.2. The summed E-state index contributed by atoms with van der Waals surface area (Å²) >= 11 is 0. The van der Waals surface area contributed by atoms with Crippen molar-refractivity contribution in [1.29, 1.82) is 0 Å². The van der Waals surface area contributed by atoms with E-state index >= 15 is 0 Å². The Morgan fingerprint density at radius 3 is 0.851 bits per heavy atom. The van der Waals surface area contributed by atoms with Crippen LogP contribution < -0.4 is 0 Å². The summed E-state index contributed by atoms with van der Waals surface area (Å²) in [5, 5.41) is 0. The zero-order valence-electron chi connectivity index (χ0n) is 32.9. The fraction of sp³-hybridized carbons (Fsp3) is 0.783. The van der Waals surface area contributed by atoms with Crippen LogP contribution in [0.15, 0.2) is 24.3 Å². The molecule has 2 rings (SSSR count). The Bertz CT molecular complexity index is 765. The van der Waals surface area contributed by atoms with Crippen LogP contribution in [0.1, 0.15) is 229 Å². The maximum absolute atomic E-state index is 2.55. The minimum Gasteiger partial charge on any atom is -0.207 e. The zero-order valence-corrected chi connectivity index (χ0v) is 34.0. The van der Waals surface area contributed by atoms with E-state index in [1.54, 1.807) is 33.4 Å². The molecule has 0 fully saturated rings. The van der Waals surface area contributed by atoms with Crippen molar-refractivity contribution in [1.82, 2.24) is 0 Å². The maximum atomic E-state index is 2.55. The molecule has 0 bridgehead atoms. The third-order valence-corrected chi connectivity index (χ3v) is 10.1. The van der Waals surface area contributed by atoms with Crippen molar-refractivity contribution in [2.45, 2.75) is 234 Å². The molecule has 0 aliphatic carbocycles. The van der Waals surface area contributed by atoms with Crippen LogP contribution >= 0.6 is 0 Å². The number of hydrogen-bond donors (Lipinski definition) is 0. The zero-order chi connectivity index (χ0) is 33.5. The van der Waals surface area contributed by atoms with Gasteiger partial charge in [-0.25, -0.2) is 12.1 Å². The van der Waals surface area contributed by atoms with Crippen molar-refractivity contribution in [2.75, 3.05) is 0 Å². The quantitative estimate of drug-likeness (QED) is 0.0435. The third-order valence-electron chi connectivity index (χ3n) is 10.1. The van der Waals surface area contributed by atoms with E-state index in [4.69, 9.17) is 0 Å². The summed E-state index contributed by atoms with van der Waals surface area (Å²) < 4.78 is 0. The van der Waals surface area contributed by atoms with Gasteiger partial charge >= 0.3 is 17.1 Å². The molecule has 1 heteroatoms. The summed E-state index contributed by atoms with van der Waals surface area (Å²) in [6.07, 6.45) is 41.0. The molecule has 47 heavy (non-hydrogen) atoms. The van der Waals surface area contributed by atoms with Crippen molar-refractivity contribution < 1.29 is 17.1 Å². The van der Waals surface area contributed by atoms with Gasteiger partial charge in [0.2, 0.25) is 0 Å². The van der Waals surface area contributed by atoms with Gasteiger partial charge in [0.05, 0.1) is 0 Å². The predicted octanol–water partition coefficient (Wildman–Crippen LogP) is 15.5. The molecule has 0 aliphatic heterocycles. The van der Waals surface area contributed by atoms with Crippen LogP contribution in [0.3, 0.4) is 0 Å². The Morgan fingerprint density at radius 2 is 0.574 bits per heavy atom. The molecule has 0 atom stereocenters. The molecule has 2 aromatic rings. The Labute approximate surface area is 307 Å². The molecule has 0 saturated carbocycles. The molecule has 0 spiro atoms. The van der Waals surface area contributed by atoms with Crippen LogP contribution in [0.2, 0.25) is 0 Å². The van der Waals surface area contributed by atoms with E-state index in [9.17, 15) is 0 Å². The summed E-state index contributed by atoms with van der Waals surface area (Å²) in [5.74, 6) is 0. The minimum atomic E-state index is 0. The van der Waals surface area contributed by atoms with Crippen LogP contribution in [0, 0.1) is 0 Å². The van der Waals surface area contributed by atoms with Crippen molar-refractivity contribution in [3.05, 3.63) is 57.6 Å². The van der Waals surface area contributed by atoms with Gasteiger partial charge in [0.15, 0.2) is 0 Å². The molecule has 2 aromatic carbocycles. The van der Waals surface area contributed by atoms with E-state index in [0.29, 0.717) is 0 Å². The van der Waals surface area contributed by atoms with E-state index in [1.807, 2.05) is 0 Å². The van der Waals surface area contributed by atoms with Crippen LogP contribution in [0.4, 0.5) is 0 Å². The van der Waals surface area contributed by atoms with Gasteiger partial charge in [-0.15, -0.1) is 0 Å². The van der Waals surface area contributed by atoms with Crippen molar-refractivity contribution in [2.24, 2.45) is 0 Å². The van der Waals surface area contributed by atoms with Crippen LogP contribution in [-0.4, -0.2) is 0 Å². The fourth-order valence-corrected chi connectivity index (χ4v) is 7.05. The second kappa shape index (κ2) is 33.7. The Morgan fingerprint density at radius 1 is 0.319 bits per heavy atom. The van der Waals surface area contributed by atoms with E-state index in [-0.39, 0.29) is 17.1 Å². The molecule has 0 nitrogen and oxygen atoms in total. The van der Waals surface area contributed by atoms with Gasteiger partial charge in [-0.05, 0) is 0 Å². The SMILES string of the molecule is CCCCCCc1cc(CCCCCC)c(CCCCCC)[cH-]1.CCCCCCc1cc(CCCCCC)c(CCCCCC)[cH-]1.[Fe+2]. The first kappa shape index (κ1) is 46.2. The number of hydrogen-bond acceptors (Lipinski definition) is 0. The first-order chi connectivity index (χ1) is 22.6. The average Bonchev–Trinajstić information content (AvgIpc) is 3.65. The van der Waals surface area contributed by atoms with Gasteiger partial charge in [0.25, 0.3) is 0 Å². The fourth-order valence-electron chi connectivity index (χ4n) is 7.05. The van der Waals surface area contributed by atoms with Gasteiger partial charge in [0, 0.05) is 0 Å². The van der Waals surface area contributed by atoms with Crippen LogP contribution in [0.5, 0.6) is 0 Å². The van der Waals surface area contributed by atoms with E-state index in [1.165, 1.54) is 193 Å². The number of unbranched alkanes of at least 4 members (excludes halogenated alkanes) is 18. The second-order valence-corrected chi connectivity index (χ2v) is 14.7. The summed E-state index contributed by atoms with van der Waals surface area (Å²) in [4.78, 5) is 0. The molecule has 0 amide bonds. The van der Waals surface area contributed by atoms with Crippen molar-refractivity contribution in [3.63, 3.8) is 0 Å². The monoisotopic (exact) mass is 691 g/mol. The average molecular weight is 691 g/mol.